The number of ether oxygens (including phenoxy) is 2. The second-order valence-electron chi connectivity index (χ2n) is 7.39. The number of hydrogen-bond donors (Lipinski definition) is 1. The fourth-order valence-electron chi connectivity index (χ4n) is 3.41. The molecule has 0 saturated carbocycles. The SMILES string of the molecule is CCOc1ccc(CCC(=O)N(Cc2ccccc2C)[C@@H](C)C(=O)NC)cc1OCC. The molecule has 31 heavy (non-hydrogen) atoms. The predicted octanol–water partition coefficient (Wildman–Crippen LogP) is 3.89. The van der Waals surface area contributed by atoms with Crippen molar-refractivity contribution < 1.29 is 19.1 Å². The van der Waals surface area contributed by atoms with E-state index in [1.54, 1.807) is 18.9 Å². The summed E-state index contributed by atoms with van der Waals surface area (Å²) in [6.07, 6.45) is 0.850. The monoisotopic (exact) mass is 426 g/mol. The van der Waals surface area contributed by atoms with E-state index in [2.05, 4.69) is 5.32 Å². The Morgan fingerprint density at radius 3 is 2.35 bits per heavy atom. The van der Waals surface area contributed by atoms with Gasteiger partial charge in [0.2, 0.25) is 11.8 Å². The van der Waals surface area contributed by atoms with Crippen LogP contribution in [0.2, 0.25) is 0 Å². The van der Waals surface area contributed by atoms with Gasteiger partial charge in [-0.05, 0) is 62.9 Å². The molecule has 1 atom stereocenters. The molecule has 0 unspecified atom stereocenters. The molecule has 0 heterocycles. The molecule has 6 heteroatoms. The van der Waals surface area contributed by atoms with E-state index in [0.29, 0.717) is 44.1 Å². The van der Waals surface area contributed by atoms with Crippen LogP contribution in [0.1, 0.15) is 43.9 Å². The third-order valence-electron chi connectivity index (χ3n) is 5.25. The summed E-state index contributed by atoms with van der Waals surface area (Å²) in [7, 11) is 1.59. The van der Waals surface area contributed by atoms with E-state index in [4.69, 9.17) is 9.47 Å². The molecule has 0 aliphatic rings. The molecule has 0 spiro atoms. The number of aryl methyl sites for hydroxylation is 2. The zero-order chi connectivity index (χ0) is 22.8. The van der Waals surface area contributed by atoms with Gasteiger partial charge in [-0.2, -0.15) is 0 Å². The molecule has 0 aliphatic carbocycles. The van der Waals surface area contributed by atoms with Crippen LogP contribution in [0.5, 0.6) is 11.5 Å². The van der Waals surface area contributed by atoms with Crippen molar-refractivity contribution in [2.45, 2.75) is 53.1 Å². The average molecular weight is 427 g/mol. The number of nitrogens with zero attached hydrogens (tertiary/aromatic N) is 1. The molecule has 0 aliphatic heterocycles. The molecule has 6 nitrogen and oxygen atoms in total. The maximum absolute atomic E-state index is 13.2. The lowest BCUT2D eigenvalue weighted by atomic mass is 10.1. The van der Waals surface area contributed by atoms with Crippen LogP contribution in [-0.2, 0) is 22.6 Å². The smallest absolute Gasteiger partial charge is 0.242 e. The minimum atomic E-state index is -0.559. The summed E-state index contributed by atoms with van der Waals surface area (Å²) in [6, 6.07) is 13.1. The summed E-state index contributed by atoms with van der Waals surface area (Å²) in [5, 5.41) is 2.65. The number of likely N-dealkylation sites (N-methyl/N-ethyl adjacent to an activating group) is 1. The summed E-state index contributed by atoms with van der Waals surface area (Å²) in [4.78, 5) is 27.1. The van der Waals surface area contributed by atoms with E-state index in [9.17, 15) is 9.59 Å². The van der Waals surface area contributed by atoms with E-state index in [-0.39, 0.29) is 11.8 Å². The van der Waals surface area contributed by atoms with Gasteiger partial charge in [-0.1, -0.05) is 30.3 Å². The molecule has 0 fully saturated rings. The standard InChI is InChI=1S/C25H34N2O4/c1-6-30-22-14-12-20(16-23(22)31-7-2)13-15-24(28)27(19(4)25(29)26-5)17-21-11-9-8-10-18(21)3/h8-12,14,16,19H,6-7,13,15,17H2,1-5H3,(H,26,29)/t19-/m0/s1. The summed E-state index contributed by atoms with van der Waals surface area (Å²) < 4.78 is 11.3. The lowest BCUT2D eigenvalue weighted by molar-refractivity contribution is -0.140. The summed E-state index contributed by atoms with van der Waals surface area (Å²) in [6.45, 7) is 9.12. The van der Waals surface area contributed by atoms with Crippen molar-refractivity contribution in [3.05, 3.63) is 59.2 Å². The molecule has 1 N–H and O–H groups in total. The Bertz CT molecular complexity index is 882. The second-order valence-corrected chi connectivity index (χ2v) is 7.39. The van der Waals surface area contributed by atoms with Crippen molar-refractivity contribution in [2.75, 3.05) is 20.3 Å². The maximum Gasteiger partial charge on any atom is 0.242 e. The van der Waals surface area contributed by atoms with Crippen molar-refractivity contribution in [1.82, 2.24) is 10.2 Å². The van der Waals surface area contributed by atoms with Gasteiger partial charge in [0.05, 0.1) is 13.2 Å². The molecule has 2 aromatic carbocycles. The molecule has 0 radical (unpaired) electrons. The van der Waals surface area contributed by atoms with Gasteiger partial charge in [0.1, 0.15) is 6.04 Å². The first-order valence-electron chi connectivity index (χ1n) is 10.8. The molecular formula is C25H34N2O4. The first-order chi connectivity index (χ1) is 14.9. The van der Waals surface area contributed by atoms with Gasteiger partial charge in [-0.25, -0.2) is 0 Å². The van der Waals surface area contributed by atoms with Crippen LogP contribution in [0.3, 0.4) is 0 Å². The molecule has 0 saturated heterocycles. The first kappa shape index (κ1) is 24.3. The highest BCUT2D eigenvalue weighted by Crippen LogP contribution is 2.29. The fraction of sp³-hybridized carbons (Fsp3) is 0.440. The summed E-state index contributed by atoms with van der Waals surface area (Å²) >= 11 is 0. The van der Waals surface area contributed by atoms with Crippen LogP contribution >= 0.6 is 0 Å². The zero-order valence-corrected chi connectivity index (χ0v) is 19.2. The van der Waals surface area contributed by atoms with Crippen LogP contribution in [-0.4, -0.2) is 43.0 Å². The van der Waals surface area contributed by atoms with Gasteiger partial charge in [0.25, 0.3) is 0 Å². The first-order valence-corrected chi connectivity index (χ1v) is 10.8. The van der Waals surface area contributed by atoms with Crippen LogP contribution in [0, 0.1) is 6.92 Å². The van der Waals surface area contributed by atoms with Gasteiger partial charge in [0.15, 0.2) is 11.5 Å². The van der Waals surface area contributed by atoms with Crippen LogP contribution < -0.4 is 14.8 Å². The third-order valence-corrected chi connectivity index (χ3v) is 5.25. The minimum Gasteiger partial charge on any atom is -0.490 e. The van der Waals surface area contributed by atoms with Crippen molar-refractivity contribution in [3.63, 3.8) is 0 Å². The average Bonchev–Trinajstić information content (AvgIpc) is 2.77. The van der Waals surface area contributed by atoms with Gasteiger partial charge >= 0.3 is 0 Å². The van der Waals surface area contributed by atoms with Crippen molar-refractivity contribution >= 4 is 11.8 Å². The molecular weight excluding hydrogens is 392 g/mol. The minimum absolute atomic E-state index is 0.0637. The largest absolute Gasteiger partial charge is 0.490 e. The van der Waals surface area contributed by atoms with E-state index < -0.39 is 6.04 Å². The van der Waals surface area contributed by atoms with E-state index in [0.717, 1.165) is 16.7 Å². The molecule has 168 valence electrons. The lowest BCUT2D eigenvalue weighted by Crippen LogP contribution is -2.46. The zero-order valence-electron chi connectivity index (χ0n) is 19.2. The number of rotatable bonds is 11. The summed E-state index contributed by atoms with van der Waals surface area (Å²) in [5.41, 5.74) is 3.12. The normalized spacial score (nSPS) is 11.5. The Hall–Kier alpha value is -3.02. The van der Waals surface area contributed by atoms with E-state index in [1.807, 2.05) is 63.2 Å². The Balaban J connectivity index is 2.16. The topological polar surface area (TPSA) is 67.9 Å². The Kier molecular flexibility index (Phi) is 9.38. The molecule has 2 rings (SSSR count). The number of hydrogen-bond acceptors (Lipinski definition) is 4. The van der Waals surface area contributed by atoms with Gasteiger partial charge in [-0.3, -0.25) is 9.59 Å². The molecule has 2 aromatic rings. The van der Waals surface area contributed by atoms with Crippen molar-refractivity contribution in [2.24, 2.45) is 0 Å². The number of nitrogens with one attached hydrogen (secondary N) is 1. The number of carbonyl (C=O) groups is 2. The number of benzene rings is 2. The Labute approximate surface area is 185 Å². The second kappa shape index (κ2) is 12.0. The van der Waals surface area contributed by atoms with E-state index >= 15 is 0 Å². The highest BCUT2D eigenvalue weighted by molar-refractivity contribution is 5.87. The number of carbonyl (C=O) groups excluding carboxylic acids is 2. The van der Waals surface area contributed by atoms with Crippen molar-refractivity contribution in [1.29, 1.82) is 0 Å². The highest BCUT2D eigenvalue weighted by atomic mass is 16.5. The highest BCUT2D eigenvalue weighted by Gasteiger charge is 2.25. The fourth-order valence-corrected chi connectivity index (χ4v) is 3.41. The maximum atomic E-state index is 13.2. The quantitative estimate of drug-likeness (QED) is 0.592. The molecule has 2 amide bonds. The van der Waals surface area contributed by atoms with Gasteiger partial charge in [-0.15, -0.1) is 0 Å². The van der Waals surface area contributed by atoms with E-state index in [1.165, 1.54) is 0 Å². The number of amides is 2. The van der Waals surface area contributed by atoms with Crippen LogP contribution in [0.4, 0.5) is 0 Å². The van der Waals surface area contributed by atoms with Crippen LogP contribution in [0.15, 0.2) is 42.5 Å². The van der Waals surface area contributed by atoms with Gasteiger partial charge < -0.3 is 19.7 Å². The third kappa shape index (κ3) is 6.74. The summed E-state index contributed by atoms with van der Waals surface area (Å²) in [5.74, 6) is 1.14. The Morgan fingerprint density at radius 2 is 1.71 bits per heavy atom. The van der Waals surface area contributed by atoms with Crippen molar-refractivity contribution in [3.8, 4) is 11.5 Å². The van der Waals surface area contributed by atoms with Crippen LogP contribution in [0.25, 0.3) is 0 Å². The Morgan fingerprint density at radius 1 is 1.03 bits per heavy atom. The van der Waals surface area contributed by atoms with Gasteiger partial charge in [0, 0.05) is 20.0 Å². The molecule has 0 aromatic heterocycles. The molecule has 0 bridgehead atoms. The predicted molar refractivity (Wildman–Crippen MR) is 122 cm³/mol. The lowest BCUT2D eigenvalue weighted by Gasteiger charge is -2.29.